The van der Waals surface area contributed by atoms with Crippen molar-refractivity contribution in [3.8, 4) is 34.1 Å². The zero-order chi connectivity index (χ0) is 26.8. The molecule has 1 aliphatic rings. The number of H-pyrrole nitrogens is 1. The minimum absolute atomic E-state index is 0.191. The Labute approximate surface area is 227 Å². The molecule has 3 heterocycles. The molecule has 2 aromatic carbocycles. The first-order valence-electron chi connectivity index (χ1n) is 14.0. The summed E-state index contributed by atoms with van der Waals surface area (Å²) < 4.78 is 9.63. The quantitative estimate of drug-likeness (QED) is 0.276. The van der Waals surface area contributed by atoms with Gasteiger partial charge in [-0.3, -0.25) is 4.79 Å². The molecule has 0 saturated heterocycles. The van der Waals surface area contributed by atoms with Crippen molar-refractivity contribution in [3.05, 3.63) is 82.7 Å². The van der Waals surface area contributed by atoms with Crippen molar-refractivity contribution in [1.82, 2.24) is 29.4 Å². The number of aryl methyl sites for hydroxylation is 1. The smallest absolute Gasteiger partial charge is 0.277 e. The Kier molecular flexibility index (Phi) is 7.00. The van der Waals surface area contributed by atoms with E-state index in [1.807, 2.05) is 79.3 Å². The first kappa shape index (κ1) is 25.1. The van der Waals surface area contributed by atoms with Crippen molar-refractivity contribution in [1.29, 1.82) is 0 Å². The summed E-state index contributed by atoms with van der Waals surface area (Å²) in [6.07, 6.45) is 10.3. The van der Waals surface area contributed by atoms with E-state index in [0.29, 0.717) is 29.6 Å². The van der Waals surface area contributed by atoms with E-state index in [0.717, 1.165) is 46.9 Å². The Bertz CT molecular complexity index is 1640. The predicted molar refractivity (Wildman–Crippen MR) is 153 cm³/mol. The minimum atomic E-state index is -0.191. The molecule has 200 valence electrons. The highest BCUT2D eigenvalue weighted by atomic mass is 16.5. The summed E-state index contributed by atoms with van der Waals surface area (Å²) in [7, 11) is 0. The van der Waals surface area contributed by atoms with Crippen LogP contribution in [-0.2, 0) is 0 Å². The van der Waals surface area contributed by atoms with Crippen LogP contribution in [0.5, 0.6) is 5.75 Å². The maximum Gasteiger partial charge on any atom is 0.277 e. The molecule has 0 spiro atoms. The lowest BCUT2D eigenvalue weighted by Crippen LogP contribution is -2.17. The van der Waals surface area contributed by atoms with E-state index < -0.39 is 0 Å². The monoisotopic (exact) mass is 522 g/mol. The molecule has 8 heteroatoms. The second kappa shape index (κ2) is 10.9. The zero-order valence-electron chi connectivity index (χ0n) is 22.6. The first-order valence-corrected chi connectivity index (χ1v) is 14.0. The minimum Gasteiger partial charge on any atom is -0.493 e. The standard InChI is InChI=1S/C31H34N6O2/c1-3-39-27-17-16-23(26-18-19-36(34-26)24-14-10-7-11-15-24)20-25(27)29-33-31(38)28-21(2)32-30(37(28)35-29)22-12-8-5-4-6-9-13-22/h7,10-11,14-20,22H,3-6,8-9,12-13H2,1-2H3,(H,33,35,38). The summed E-state index contributed by atoms with van der Waals surface area (Å²) >= 11 is 0. The van der Waals surface area contributed by atoms with Gasteiger partial charge in [-0.25, -0.2) is 14.2 Å². The fourth-order valence-electron chi connectivity index (χ4n) is 5.65. The number of hydrogen-bond donors (Lipinski definition) is 1. The van der Waals surface area contributed by atoms with Crippen LogP contribution >= 0.6 is 0 Å². The van der Waals surface area contributed by atoms with Crippen LogP contribution in [0.1, 0.15) is 69.3 Å². The van der Waals surface area contributed by atoms with Crippen molar-refractivity contribution in [2.75, 3.05) is 6.61 Å². The van der Waals surface area contributed by atoms with E-state index >= 15 is 0 Å². The second-order valence-corrected chi connectivity index (χ2v) is 10.3. The van der Waals surface area contributed by atoms with Crippen molar-refractivity contribution in [2.45, 2.75) is 64.7 Å². The van der Waals surface area contributed by atoms with Crippen LogP contribution < -0.4 is 10.3 Å². The summed E-state index contributed by atoms with van der Waals surface area (Å²) in [5.41, 5.74) is 4.49. The van der Waals surface area contributed by atoms with Gasteiger partial charge >= 0.3 is 0 Å². The number of ether oxygens (including phenoxy) is 1. The number of fused-ring (bicyclic) bond motifs is 1. The van der Waals surface area contributed by atoms with Crippen molar-refractivity contribution in [3.63, 3.8) is 0 Å². The molecule has 8 nitrogen and oxygen atoms in total. The Morgan fingerprint density at radius 1 is 0.974 bits per heavy atom. The Morgan fingerprint density at radius 2 is 1.74 bits per heavy atom. The third-order valence-corrected chi connectivity index (χ3v) is 7.61. The van der Waals surface area contributed by atoms with E-state index in [9.17, 15) is 4.79 Å². The van der Waals surface area contributed by atoms with Gasteiger partial charge in [0, 0.05) is 17.7 Å². The van der Waals surface area contributed by atoms with E-state index in [2.05, 4.69) is 4.98 Å². The molecule has 3 aromatic heterocycles. The van der Waals surface area contributed by atoms with Crippen LogP contribution in [0.4, 0.5) is 0 Å². The molecule has 0 atom stereocenters. The van der Waals surface area contributed by atoms with Crippen LogP contribution in [0.25, 0.3) is 33.8 Å². The zero-order valence-corrected chi connectivity index (χ0v) is 22.6. The maximum absolute atomic E-state index is 13.4. The molecule has 5 aromatic rings. The van der Waals surface area contributed by atoms with Gasteiger partial charge in [0.15, 0.2) is 11.3 Å². The van der Waals surface area contributed by atoms with Crippen molar-refractivity contribution >= 4 is 5.52 Å². The predicted octanol–water partition coefficient (Wildman–Crippen LogP) is 6.47. The summed E-state index contributed by atoms with van der Waals surface area (Å²) in [5, 5.41) is 9.77. The van der Waals surface area contributed by atoms with Crippen LogP contribution in [0.2, 0.25) is 0 Å². The lowest BCUT2D eigenvalue weighted by molar-refractivity contribution is 0.341. The topological polar surface area (TPSA) is 90.1 Å². The van der Waals surface area contributed by atoms with Crippen LogP contribution in [-0.4, -0.2) is 36.0 Å². The molecule has 0 radical (unpaired) electrons. The molecule has 1 N–H and O–H groups in total. The average molecular weight is 523 g/mol. The van der Waals surface area contributed by atoms with Gasteiger partial charge in [-0.1, -0.05) is 50.3 Å². The molecule has 0 aliphatic heterocycles. The van der Waals surface area contributed by atoms with E-state index in [-0.39, 0.29) is 5.56 Å². The van der Waals surface area contributed by atoms with Crippen LogP contribution in [0.3, 0.4) is 0 Å². The van der Waals surface area contributed by atoms with Gasteiger partial charge in [0.2, 0.25) is 0 Å². The Balaban J connectivity index is 1.45. The molecule has 39 heavy (non-hydrogen) atoms. The number of nitrogens with one attached hydrogen (secondary N) is 1. The van der Waals surface area contributed by atoms with Gasteiger partial charge < -0.3 is 9.72 Å². The number of para-hydroxylation sites is 1. The highest BCUT2D eigenvalue weighted by Gasteiger charge is 2.23. The highest BCUT2D eigenvalue weighted by Crippen LogP contribution is 2.34. The van der Waals surface area contributed by atoms with E-state index in [1.54, 1.807) is 4.52 Å². The normalized spacial score (nSPS) is 14.8. The second-order valence-electron chi connectivity index (χ2n) is 10.3. The number of aromatic amines is 1. The van der Waals surface area contributed by atoms with Gasteiger partial charge in [0.05, 0.1) is 29.2 Å². The van der Waals surface area contributed by atoms with Crippen molar-refractivity contribution < 1.29 is 4.74 Å². The average Bonchev–Trinajstić information content (AvgIpc) is 3.55. The summed E-state index contributed by atoms with van der Waals surface area (Å²) in [4.78, 5) is 21.3. The molecule has 0 bridgehead atoms. The fourth-order valence-corrected chi connectivity index (χ4v) is 5.65. The summed E-state index contributed by atoms with van der Waals surface area (Å²) in [5.74, 6) is 2.32. The number of nitrogens with zero attached hydrogens (tertiary/aromatic N) is 5. The number of hydrogen-bond acceptors (Lipinski definition) is 5. The Morgan fingerprint density at radius 3 is 2.51 bits per heavy atom. The van der Waals surface area contributed by atoms with Gasteiger partial charge in [-0.2, -0.15) is 5.10 Å². The lowest BCUT2D eigenvalue weighted by Gasteiger charge is -2.18. The molecule has 0 amide bonds. The SMILES string of the molecule is CCOc1ccc(-c2ccn(-c3ccccc3)n2)cc1-c1nn2c(C3CCCCCCC3)nc(C)c2c(=O)[nH]1. The highest BCUT2D eigenvalue weighted by molar-refractivity contribution is 5.73. The van der Waals surface area contributed by atoms with E-state index in [4.69, 9.17) is 19.9 Å². The number of rotatable bonds is 6. The van der Waals surface area contributed by atoms with Gasteiger partial charge in [0.25, 0.3) is 5.56 Å². The van der Waals surface area contributed by atoms with Crippen LogP contribution in [0, 0.1) is 6.92 Å². The maximum atomic E-state index is 13.4. The largest absolute Gasteiger partial charge is 0.493 e. The molecule has 6 rings (SSSR count). The summed E-state index contributed by atoms with van der Waals surface area (Å²) in [6.45, 7) is 4.34. The molecule has 1 aliphatic carbocycles. The lowest BCUT2D eigenvalue weighted by atomic mass is 9.91. The number of aromatic nitrogens is 6. The fraction of sp³-hybridized carbons (Fsp3) is 0.355. The van der Waals surface area contributed by atoms with Gasteiger partial charge in [-0.15, -0.1) is 5.10 Å². The third kappa shape index (κ3) is 4.99. The molecule has 0 unspecified atom stereocenters. The molecular weight excluding hydrogens is 488 g/mol. The first-order chi connectivity index (χ1) is 19.1. The van der Waals surface area contributed by atoms with E-state index in [1.165, 1.54) is 32.1 Å². The molecule has 1 saturated carbocycles. The number of benzene rings is 2. The Hall–Kier alpha value is -4.20. The van der Waals surface area contributed by atoms with Crippen molar-refractivity contribution in [2.24, 2.45) is 0 Å². The van der Waals surface area contributed by atoms with Crippen LogP contribution in [0.15, 0.2) is 65.6 Å². The third-order valence-electron chi connectivity index (χ3n) is 7.61. The van der Waals surface area contributed by atoms with Gasteiger partial charge in [0.1, 0.15) is 11.6 Å². The molecular formula is C31H34N6O2. The number of imidazole rings is 1. The van der Waals surface area contributed by atoms with Gasteiger partial charge in [-0.05, 0) is 63.1 Å². The molecule has 1 fully saturated rings. The summed E-state index contributed by atoms with van der Waals surface area (Å²) in [6, 6.07) is 17.9.